The lowest BCUT2D eigenvalue weighted by Crippen LogP contribution is -2.71. The first-order valence-electron chi connectivity index (χ1n) is 16.8. The van der Waals surface area contributed by atoms with Crippen LogP contribution >= 0.6 is 0 Å². The largest absolute Gasteiger partial charge is 0.508 e. The topological polar surface area (TPSA) is 188 Å². The summed E-state index contributed by atoms with van der Waals surface area (Å²) in [5, 5.41) is 45.8. The van der Waals surface area contributed by atoms with Gasteiger partial charge < -0.3 is 30.9 Å². The number of aliphatic hydroxyl groups excluding tert-OH is 2. The lowest BCUT2D eigenvalue weighted by molar-refractivity contribution is -0.185. The van der Waals surface area contributed by atoms with Crippen LogP contribution in [0.1, 0.15) is 82.3 Å². The summed E-state index contributed by atoms with van der Waals surface area (Å²) < 4.78 is 6.17. The number of likely N-dealkylation sites (N-methyl/N-ethyl adjacent to an activating group) is 1. The maximum atomic E-state index is 14.4. The quantitative estimate of drug-likeness (QED) is 0.215. The van der Waals surface area contributed by atoms with Gasteiger partial charge in [0.05, 0.1) is 17.5 Å². The van der Waals surface area contributed by atoms with E-state index in [1.54, 1.807) is 19.1 Å². The van der Waals surface area contributed by atoms with E-state index < -0.39 is 76.0 Å². The molecule has 1 amide bonds. The number of phenols is 1. The Morgan fingerprint density at radius 1 is 1.04 bits per heavy atom. The first kappa shape index (κ1) is 33.2. The first-order chi connectivity index (χ1) is 22.2. The zero-order valence-electron chi connectivity index (χ0n) is 27.4. The van der Waals surface area contributed by atoms with E-state index in [2.05, 4.69) is 6.92 Å². The fourth-order valence-electron chi connectivity index (χ4n) is 9.29. The highest BCUT2D eigenvalue weighted by atomic mass is 16.5. The zero-order valence-corrected chi connectivity index (χ0v) is 27.4. The maximum absolute atomic E-state index is 14.4. The number of rotatable bonds is 7. The van der Waals surface area contributed by atoms with Gasteiger partial charge in [0.1, 0.15) is 28.9 Å². The highest BCUT2D eigenvalue weighted by Crippen LogP contribution is 2.57. The number of aliphatic hydroxyl groups is 3. The van der Waals surface area contributed by atoms with Gasteiger partial charge in [-0.25, -0.2) is 0 Å². The molecule has 0 aromatic heterocycles. The second-order valence-corrected chi connectivity index (χ2v) is 14.9. The summed E-state index contributed by atoms with van der Waals surface area (Å²) in [7, 11) is 3.02. The molecule has 11 heteroatoms. The standard InChI is InChI=1S/C36H46N2O9/c1-16-11-12-18(14-20-15-19(20)13-16)7-5-10-23(40)47-32-24-17(2)21-8-6-9-22(39)25(21)30(41)26(24)33(43)36(46)28(32)29(38(3)4)31(42)27(34(36)44)35(37)45/h6,8-9,16-20,24,28-29,32,39,41,44,46H,5,7,10-15H2,1-4H3,(H2,37,45). The zero-order chi connectivity index (χ0) is 34.1. The Morgan fingerprint density at radius 3 is 2.43 bits per heavy atom. The highest BCUT2D eigenvalue weighted by Gasteiger charge is 2.69. The minimum absolute atomic E-state index is 0.0206. The average molecular weight is 651 g/mol. The number of carbonyl (C=O) groups is 4. The summed E-state index contributed by atoms with van der Waals surface area (Å²) >= 11 is 0. The summed E-state index contributed by atoms with van der Waals surface area (Å²) in [6.45, 7) is 4.06. The molecule has 0 heterocycles. The lowest BCUT2D eigenvalue weighted by Gasteiger charge is -2.54. The molecule has 0 spiro atoms. The van der Waals surface area contributed by atoms with Gasteiger partial charge in [-0.2, -0.15) is 0 Å². The Kier molecular flexibility index (Phi) is 8.53. The Morgan fingerprint density at radius 2 is 1.74 bits per heavy atom. The van der Waals surface area contributed by atoms with Crippen LogP contribution in [0.3, 0.4) is 0 Å². The maximum Gasteiger partial charge on any atom is 0.306 e. The number of ketones is 2. The number of primary amides is 1. The van der Waals surface area contributed by atoms with Crippen molar-refractivity contribution >= 4 is 29.2 Å². The van der Waals surface area contributed by atoms with Gasteiger partial charge in [0, 0.05) is 17.9 Å². The van der Waals surface area contributed by atoms with Gasteiger partial charge >= 0.3 is 5.97 Å². The van der Waals surface area contributed by atoms with Crippen LogP contribution in [0.5, 0.6) is 5.75 Å². The summed E-state index contributed by atoms with van der Waals surface area (Å²) in [5.41, 5.74) is 1.68. The number of hydrogen-bond donors (Lipinski definition) is 5. The molecule has 5 aliphatic carbocycles. The number of nitrogens with two attached hydrogens (primary N) is 1. The van der Waals surface area contributed by atoms with E-state index in [1.807, 2.05) is 0 Å². The first-order valence-corrected chi connectivity index (χ1v) is 16.8. The van der Waals surface area contributed by atoms with Gasteiger partial charge in [-0.3, -0.25) is 24.1 Å². The number of aromatic hydroxyl groups is 1. The molecule has 0 saturated heterocycles. The third-order valence-electron chi connectivity index (χ3n) is 11.7. The molecule has 0 aliphatic heterocycles. The van der Waals surface area contributed by atoms with Crippen molar-refractivity contribution in [2.75, 3.05) is 14.1 Å². The van der Waals surface area contributed by atoms with Crippen LogP contribution in [0, 0.1) is 35.5 Å². The summed E-state index contributed by atoms with van der Waals surface area (Å²) in [5.74, 6) is -6.61. The minimum atomic E-state index is -2.95. The Hall–Kier alpha value is -3.70. The molecule has 10 atom stereocenters. The number of nitrogens with zero attached hydrogens (tertiary/aromatic N) is 1. The second kappa shape index (κ2) is 12.1. The lowest BCUT2D eigenvalue weighted by atomic mass is 9.54. The van der Waals surface area contributed by atoms with Crippen molar-refractivity contribution in [2.45, 2.75) is 88.9 Å². The van der Waals surface area contributed by atoms with Crippen molar-refractivity contribution in [3.05, 3.63) is 46.2 Å². The van der Waals surface area contributed by atoms with E-state index in [4.69, 9.17) is 10.5 Å². The molecule has 0 radical (unpaired) electrons. The van der Waals surface area contributed by atoms with Crippen LogP contribution in [0.4, 0.5) is 0 Å². The molecule has 5 aliphatic rings. The smallest absolute Gasteiger partial charge is 0.306 e. The van der Waals surface area contributed by atoms with Crippen LogP contribution in [0.15, 0.2) is 35.1 Å². The van der Waals surface area contributed by atoms with Crippen LogP contribution in [-0.2, 0) is 23.9 Å². The van der Waals surface area contributed by atoms with Crippen LogP contribution < -0.4 is 5.73 Å². The van der Waals surface area contributed by atoms with Gasteiger partial charge in [-0.05, 0) is 87.4 Å². The Labute approximate surface area is 274 Å². The number of carbonyl (C=O) groups excluding carboxylic acids is 4. The van der Waals surface area contributed by atoms with Crippen molar-refractivity contribution in [3.8, 4) is 5.75 Å². The van der Waals surface area contributed by atoms with Crippen molar-refractivity contribution in [1.29, 1.82) is 0 Å². The fraction of sp³-hybridized carbons (Fsp3) is 0.611. The van der Waals surface area contributed by atoms with Crippen molar-refractivity contribution < 1.29 is 44.3 Å². The number of ether oxygens (including phenoxy) is 1. The number of amides is 1. The van der Waals surface area contributed by atoms with Crippen LogP contribution in [0.25, 0.3) is 5.76 Å². The number of hydrogen-bond acceptors (Lipinski definition) is 10. The van der Waals surface area contributed by atoms with Crippen LogP contribution in [0.2, 0.25) is 0 Å². The van der Waals surface area contributed by atoms with E-state index in [0.29, 0.717) is 23.8 Å². The molecule has 47 heavy (non-hydrogen) atoms. The minimum Gasteiger partial charge on any atom is -0.508 e. The predicted octanol–water partition coefficient (Wildman–Crippen LogP) is 3.68. The van der Waals surface area contributed by atoms with E-state index in [9.17, 15) is 39.6 Å². The molecule has 10 unspecified atom stereocenters. The molecule has 254 valence electrons. The molecule has 6 N–H and O–H groups in total. The number of esters is 1. The SMILES string of the molecule is CC1CCC(CCCC(=O)OC2C3C(=C(O)c4c(O)cccc4C3C)C(=O)C3(O)C(O)=C(C(N)=O)C(=O)C(N(C)C)C23)CC2CC2C1. The summed E-state index contributed by atoms with van der Waals surface area (Å²) in [4.78, 5) is 55.6. The molecule has 6 rings (SSSR count). The third kappa shape index (κ3) is 5.35. The predicted molar refractivity (Wildman–Crippen MR) is 171 cm³/mol. The molecular weight excluding hydrogens is 604 g/mol. The Balaban J connectivity index is 1.38. The number of Topliss-reactive ketones (excluding diaryl/α,β-unsaturated/α-hetero) is 2. The molecule has 3 saturated carbocycles. The third-order valence-corrected chi connectivity index (χ3v) is 11.7. The second-order valence-electron chi connectivity index (χ2n) is 14.9. The number of phenolic OH excluding ortho intramolecular Hbond substituents is 1. The van der Waals surface area contributed by atoms with Gasteiger partial charge in [-0.1, -0.05) is 38.8 Å². The van der Waals surface area contributed by atoms with Gasteiger partial charge in [-0.15, -0.1) is 0 Å². The van der Waals surface area contributed by atoms with Crippen molar-refractivity contribution in [2.24, 2.45) is 41.2 Å². The fourth-order valence-corrected chi connectivity index (χ4v) is 9.29. The van der Waals surface area contributed by atoms with Crippen molar-refractivity contribution in [1.82, 2.24) is 4.90 Å². The molecule has 0 bridgehead atoms. The molecule has 11 nitrogen and oxygen atoms in total. The average Bonchev–Trinajstić information content (AvgIpc) is 3.71. The monoisotopic (exact) mass is 650 g/mol. The highest BCUT2D eigenvalue weighted by molar-refractivity contribution is 6.24. The van der Waals surface area contributed by atoms with E-state index >= 15 is 0 Å². The van der Waals surface area contributed by atoms with Gasteiger partial charge in [0.2, 0.25) is 5.78 Å². The summed E-state index contributed by atoms with van der Waals surface area (Å²) in [6.07, 6.45) is 6.18. The van der Waals surface area contributed by atoms with E-state index in [-0.39, 0.29) is 23.3 Å². The van der Waals surface area contributed by atoms with Crippen LogP contribution in [-0.4, -0.2) is 80.6 Å². The normalized spacial score (nSPS) is 36.5. The van der Waals surface area contributed by atoms with Gasteiger partial charge in [0.25, 0.3) is 5.91 Å². The molecule has 1 aromatic rings. The van der Waals surface area contributed by atoms with E-state index in [1.165, 1.54) is 50.7 Å². The Bertz CT molecular complexity index is 1580. The summed E-state index contributed by atoms with van der Waals surface area (Å²) in [6, 6.07) is 3.21. The molecular formula is C36H46N2O9. The van der Waals surface area contributed by atoms with E-state index in [0.717, 1.165) is 24.7 Å². The molecule has 1 aromatic carbocycles. The number of fused-ring (bicyclic) bond motifs is 4. The number of benzene rings is 1. The molecule has 3 fully saturated rings. The van der Waals surface area contributed by atoms with Crippen molar-refractivity contribution in [3.63, 3.8) is 0 Å². The van der Waals surface area contributed by atoms with Gasteiger partial charge in [0.15, 0.2) is 11.4 Å².